The van der Waals surface area contributed by atoms with E-state index in [1.54, 1.807) is 24.0 Å². The minimum atomic E-state index is 0.839. The standard InChI is InChI=1S/C29H48/c1-3-5-7-9-11-25-14-18-27(19-15-25)29-22-20-28(21-23-29)26-16-12-24(13-17-26)10-8-6-4-2/h14-15,18-19,24,26,28-29H,3-13,16-17,20-23H2,1-2H3/t24-,26-,28-,29-. The van der Waals surface area contributed by atoms with E-state index < -0.39 is 0 Å². The van der Waals surface area contributed by atoms with Crippen LogP contribution in [0.1, 0.15) is 134 Å². The molecule has 29 heavy (non-hydrogen) atoms. The minimum absolute atomic E-state index is 0.839. The summed E-state index contributed by atoms with van der Waals surface area (Å²) in [6.07, 6.45) is 24.6. The number of benzene rings is 1. The van der Waals surface area contributed by atoms with Gasteiger partial charge in [0.15, 0.2) is 0 Å². The second-order valence-corrected chi connectivity index (χ2v) is 10.4. The lowest BCUT2D eigenvalue weighted by Crippen LogP contribution is -2.25. The molecule has 2 saturated carbocycles. The van der Waals surface area contributed by atoms with Crippen molar-refractivity contribution in [1.29, 1.82) is 0 Å². The molecule has 0 spiro atoms. The molecular weight excluding hydrogens is 348 g/mol. The highest BCUT2D eigenvalue weighted by molar-refractivity contribution is 5.26. The highest BCUT2D eigenvalue weighted by Crippen LogP contribution is 2.44. The Kier molecular flexibility index (Phi) is 10.1. The lowest BCUT2D eigenvalue weighted by Gasteiger charge is -2.38. The van der Waals surface area contributed by atoms with Crippen molar-refractivity contribution in [2.75, 3.05) is 0 Å². The van der Waals surface area contributed by atoms with E-state index in [1.165, 1.54) is 96.3 Å². The van der Waals surface area contributed by atoms with Gasteiger partial charge in [0.05, 0.1) is 0 Å². The van der Waals surface area contributed by atoms with Gasteiger partial charge in [0.1, 0.15) is 0 Å². The lowest BCUT2D eigenvalue weighted by molar-refractivity contribution is 0.155. The molecule has 0 bridgehead atoms. The highest BCUT2D eigenvalue weighted by atomic mass is 14.4. The third-order valence-electron chi connectivity index (χ3n) is 8.32. The molecule has 1 aromatic rings. The van der Waals surface area contributed by atoms with Crippen molar-refractivity contribution in [1.82, 2.24) is 0 Å². The molecule has 1 aromatic carbocycles. The van der Waals surface area contributed by atoms with Gasteiger partial charge in [-0.1, -0.05) is 95.9 Å². The fourth-order valence-electron chi connectivity index (χ4n) is 6.27. The van der Waals surface area contributed by atoms with E-state index in [9.17, 15) is 0 Å². The molecule has 0 N–H and O–H groups in total. The quantitative estimate of drug-likeness (QED) is 0.327. The van der Waals surface area contributed by atoms with Crippen LogP contribution in [0.3, 0.4) is 0 Å². The first-order valence-electron chi connectivity index (χ1n) is 13.4. The van der Waals surface area contributed by atoms with Gasteiger partial charge in [0.2, 0.25) is 0 Å². The van der Waals surface area contributed by atoms with Gasteiger partial charge >= 0.3 is 0 Å². The van der Waals surface area contributed by atoms with Crippen LogP contribution >= 0.6 is 0 Å². The molecule has 0 heterocycles. The number of aryl methyl sites for hydroxylation is 1. The monoisotopic (exact) mass is 396 g/mol. The third kappa shape index (κ3) is 7.45. The van der Waals surface area contributed by atoms with Gasteiger partial charge in [-0.15, -0.1) is 0 Å². The normalized spacial score (nSPS) is 27.8. The molecule has 0 aliphatic heterocycles. The fourth-order valence-corrected chi connectivity index (χ4v) is 6.27. The van der Waals surface area contributed by atoms with Crippen LogP contribution in [0.5, 0.6) is 0 Å². The van der Waals surface area contributed by atoms with Gasteiger partial charge in [-0.2, -0.15) is 0 Å². The average Bonchev–Trinajstić information content (AvgIpc) is 2.78. The minimum Gasteiger partial charge on any atom is -0.0654 e. The first kappa shape index (κ1) is 22.9. The van der Waals surface area contributed by atoms with E-state index in [-0.39, 0.29) is 0 Å². The molecule has 2 fully saturated rings. The smallest absolute Gasteiger partial charge is 0.0162 e. The molecule has 0 radical (unpaired) electrons. The summed E-state index contributed by atoms with van der Waals surface area (Å²) in [6, 6.07) is 9.77. The Bertz CT molecular complexity index is 526. The number of hydrogen-bond donors (Lipinski definition) is 0. The predicted octanol–water partition coefficient (Wildman–Crippen LogP) is 9.47. The first-order valence-corrected chi connectivity index (χ1v) is 13.4. The zero-order valence-corrected chi connectivity index (χ0v) is 19.6. The summed E-state index contributed by atoms with van der Waals surface area (Å²) in [7, 11) is 0. The van der Waals surface area contributed by atoms with Crippen molar-refractivity contribution in [3.8, 4) is 0 Å². The third-order valence-corrected chi connectivity index (χ3v) is 8.32. The molecule has 164 valence electrons. The van der Waals surface area contributed by atoms with Crippen LogP contribution in [0, 0.1) is 17.8 Å². The van der Waals surface area contributed by atoms with Crippen LogP contribution < -0.4 is 0 Å². The summed E-state index contributed by atoms with van der Waals surface area (Å²) in [5, 5.41) is 0. The van der Waals surface area contributed by atoms with Crippen LogP contribution in [-0.2, 0) is 6.42 Å². The van der Waals surface area contributed by atoms with Gasteiger partial charge in [-0.05, 0) is 86.2 Å². The van der Waals surface area contributed by atoms with Gasteiger partial charge in [-0.3, -0.25) is 0 Å². The van der Waals surface area contributed by atoms with Crippen LogP contribution in [0.4, 0.5) is 0 Å². The zero-order valence-electron chi connectivity index (χ0n) is 19.6. The highest BCUT2D eigenvalue weighted by Gasteiger charge is 2.31. The Morgan fingerprint density at radius 1 is 0.621 bits per heavy atom. The number of hydrogen-bond acceptors (Lipinski definition) is 0. The van der Waals surface area contributed by atoms with Crippen molar-refractivity contribution in [3.05, 3.63) is 35.4 Å². The van der Waals surface area contributed by atoms with Crippen molar-refractivity contribution >= 4 is 0 Å². The van der Waals surface area contributed by atoms with Crippen molar-refractivity contribution in [3.63, 3.8) is 0 Å². The maximum atomic E-state index is 2.46. The molecule has 3 rings (SSSR count). The second-order valence-electron chi connectivity index (χ2n) is 10.4. The molecule has 2 aliphatic rings. The number of rotatable bonds is 11. The largest absolute Gasteiger partial charge is 0.0654 e. The molecule has 0 nitrogen and oxygen atoms in total. The Morgan fingerprint density at radius 3 is 1.83 bits per heavy atom. The molecule has 0 atom stereocenters. The summed E-state index contributed by atoms with van der Waals surface area (Å²) in [5.41, 5.74) is 3.18. The first-order chi connectivity index (χ1) is 14.3. The van der Waals surface area contributed by atoms with Crippen LogP contribution in [-0.4, -0.2) is 0 Å². The number of unbranched alkanes of at least 4 members (excludes halogenated alkanes) is 5. The second kappa shape index (κ2) is 12.8. The van der Waals surface area contributed by atoms with E-state index in [1.807, 2.05) is 0 Å². The Morgan fingerprint density at radius 2 is 1.21 bits per heavy atom. The van der Waals surface area contributed by atoms with Crippen LogP contribution in [0.2, 0.25) is 0 Å². The van der Waals surface area contributed by atoms with Gasteiger partial charge < -0.3 is 0 Å². The summed E-state index contributed by atoms with van der Waals surface area (Å²) < 4.78 is 0. The van der Waals surface area contributed by atoms with Crippen LogP contribution in [0.25, 0.3) is 0 Å². The van der Waals surface area contributed by atoms with Gasteiger partial charge in [-0.25, -0.2) is 0 Å². The average molecular weight is 397 g/mol. The molecular formula is C29H48. The van der Waals surface area contributed by atoms with Crippen molar-refractivity contribution in [2.45, 2.75) is 129 Å². The van der Waals surface area contributed by atoms with E-state index in [2.05, 4.69) is 38.1 Å². The van der Waals surface area contributed by atoms with Crippen LogP contribution in [0.15, 0.2) is 24.3 Å². The Balaban J connectivity index is 1.36. The van der Waals surface area contributed by atoms with Gasteiger partial charge in [0, 0.05) is 0 Å². The fraction of sp³-hybridized carbons (Fsp3) is 0.793. The van der Waals surface area contributed by atoms with Gasteiger partial charge in [0.25, 0.3) is 0 Å². The molecule has 0 aromatic heterocycles. The summed E-state index contributed by atoms with van der Waals surface area (Å²) >= 11 is 0. The van der Waals surface area contributed by atoms with E-state index in [4.69, 9.17) is 0 Å². The molecule has 0 unspecified atom stereocenters. The zero-order chi connectivity index (χ0) is 20.3. The van der Waals surface area contributed by atoms with E-state index in [0.717, 1.165) is 23.7 Å². The van der Waals surface area contributed by atoms with Crippen molar-refractivity contribution in [2.24, 2.45) is 17.8 Å². The summed E-state index contributed by atoms with van der Waals surface area (Å²) in [5.74, 6) is 4.00. The Hall–Kier alpha value is -0.780. The predicted molar refractivity (Wildman–Crippen MR) is 129 cm³/mol. The maximum Gasteiger partial charge on any atom is -0.0162 e. The SMILES string of the molecule is CCCCCCc1ccc([C@H]2CC[C@H]([C@H]3CC[C@H](CCCCC)CC3)CC2)cc1. The maximum absolute atomic E-state index is 2.46. The van der Waals surface area contributed by atoms with Crippen molar-refractivity contribution < 1.29 is 0 Å². The topological polar surface area (TPSA) is 0 Å². The molecule has 0 saturated heterocycles. The van der Waals surface area contributed by atoms with E-state index >= 15 is 0 Å². The summed E-state index contributed by atoms with van der Waals surface area (Å²) in [6.45, 7) is 4.62. The molecule has 0 amide bonds. The summed E-state index contributed by atoms with van der Waals surface area (Å²) in [4.78, 5) is 0. The lowest BCUT2D eigenvalue weighted by atomic mass is 9.68. The van der Waals surface area contributed by atoms with E-state index in [0.29, 0.717) is 0 Å². The molecule has 2 aliphatic carbocycles. The molecule has 0 heteroatoms. The Labute approximate surface area is 182 Å².